The summed E-state index contributed by atoms with van der Waals surface area (Å²) in [4.78, 5) is 16.8. The van der Waals surface area contributed by atoms with Gasteiger partial charge in [-0.3, -0.25) is 9.69 Å². The number of amides is 1. The van der Waals surface area contributed by atoms with Crippen molar-refractivity contribution in [2.24, 2.45) is 5.92 Å². The summed E-state index contributed by atoms with van der Waals surface area (Å²) >= 11 is 3.35. The number of benzene rings is 1. The summed E-state index contributed by atoms with van der Waals surface area (Å²) in [5.41, 5.74) is 7.11. The molecule has 2 rings (SSSR count). The van der Waals surface area contributed by atoms with E-state index in [0.29, 0.717) is 17.2 Å². The van der Waals surface area contributed by atoms with Gasteiger partial charge in [0.25, 0.3) is 5.91 Å². The van der Waals surface area contributed by atoms with E-state index >= 15 is 0 Å². The first-order valence-electron chi connectivity index (χ1n) is 7.04. The molecule has 0 atom stereocenters. The van der Waals surface area contributed by atoms with Gasteiger partial charge in [0.2, 0.25) is 0 Å². The number of carbonyl (C=O) groups excluding carboxylic acids is 1. The highest BCUT2D eigenvalue weighted by atomic mass is 79.9. The van der Waals surface area contributed by atoms with Crippen LogP contribution < -0.4 is 5.73 Å². The maximum absolute atomic E-state index is 12.4. The quantitative estimate of drug-likeness (QED) is 0.860. The number of hydrogen-bond acceptors (Lipinski definition) is 3. The topological polar surface area (TPSA) is 49.6 Å². The summed E-state index contributed by atoms with van der Waals surface area (Å²) in [5.74, 6) is 0.747. The Morgan fingerprint density at radius 1 is 1.30 bits per heavy atom. The van der Waals surface area contributed by atoms with Gasteiger partial charge < -0.3 is 10.6 Å². The molecule has 1 heterocycles. The number of nitrogens with two attached hydrogens (primary N) is 1. The van der Waals surface area contributed by atoms with Crippen molar-refractivity contribution in [3.05, 3.63) is 28.2 Å². The van der Waals surface area contributed by atoms with Crippen molar-refractivity contribution < 1.29 is 4.79 Å². The molecule has 1 aliphatic heterocycles. The van der Waals surface area contributed by atoms with Crippen LogP contribution >= 0.6 is 15.9 Å². The van der Waals surface area contributed by atoms with E-state index in [1.807, 2.05) is 17.0 Å². The summed E-state index contributed by atoms with van der Waals surface area (Å²) in [6.45, 7) is 9.05. The van der Waals surface area contributed by atoms with Crippen molar-refractivity contribution in [3.8, 4) is 0 Å². The van der Waals surface area contributed by atoms with Crippen molar-refractivity contribution in [1.29, 1.82) is 0 Å². The van der Waals surface area contributed by atoms with Crippen molar-refractivity contribution in [3.63, 3.8) is 0 Å². The Morgan fingerprint density at radius 2 is 1.95 bits per heavy atom. The van der Waals surface area contributed by atoms with Crippen LogP contribution in [-0.4, -0.2) is 48.4 Å². The van der Waals surface area contributed by atoms with Gasteiger partial charge in [0, 0.05) is 48.4 Å². The Kier molecular flexibility index (Phi) is 5.05. The average molecular weight is 340 g/mol. The van der Waals surface area contributed by atoms with Crippen molar-refractivity contribution >= 4 is 27.5 Å². The van der Waals surface area contributed by atoms with Crippen LogP contribution in [0, 0.1) is 5.92 Å². The van der Waals surface area contributed by atoms with Crippen LogP contribution in [0.1, 0.15) is 24.2 Å². The first-order chi connectivity index (χ1) is 9.47. The van der Waals surface area contributed by atoms with Crippen molar-refractivity contribution in [2.75, 3.05) is 38.5 Å². The van der Waals surface area contributed by atoms with E-state index in [0.717, 1.165) is 37.2 Å². The van der Waals surface area contributed by atoms with Crippen LogP contribution in [0.25, 0.3) is 0 Å². The number of piperazine rings is 1. The Morgan fingerprint density at radius 3 is 2.50 bits per heavy atom. The van der Waals surface area contributed by atoms with Gasteiger partial charge >= 0.3 is 0 Å². The third kappa shape index (κ3) is 3.73. The minimum absolute atomic E-state index is 0.0772. The zero-order valence-corrected chi connectivity index (χ0v) is 13.7. The number of carbonyl (C=O) groups is 1. The van der Waals surface area contributed by atoms with Gasteiger partial charge in [-0.1, -0.05) is 13.8 Å². The number of nitrogens with zero attached hydrogens (tertiary/aromatic N) is 2. The number of hydrogen-bond donors (Lipinski definition) is 1. The second-order valence-corrected chi connectivity index (χ2v) is 6.58. The fraction of sp³-hybridized carbons (Fsp3) is 0.533. The lowest BCUT2D eigenvalue weighted by molar-refractivity contribution is 0.0624. The molecule has 0 unspecified atom stereocenters. The Hall–Kier alpha value is -1.07. The van der Waals surface area contributed by atoms with Crippen molar-refractivity contribution in [2.45, 2.75) is 13.8 Å². The fourth-order valence-corrected chi connectivity index (χ4v) is 2.76. The summed E-state index contributed by atoms with van der Waals surface area (Å²) in [6.07, 6.45) is 0. The molecular formula is C15H22BrN3O. The number of rotatable bonds is 3. The molecule has 4 nitrogen and oxygen atoms in total. The molecule has 0 spiro atoms. The van der Waals surface area contributed by atoms with Crippen LogP contribution in [0.4, 0.5) is 5.69 Å². The van der Waals surface area contributed by atoms with Gasteiger partial charge in [-0.2, -0.15) is 0 Å². The van der Waals surface area contributed by atoms with Crippen LogP contribution in [0.3, 0.4) is 0 Å². The van der Waals surface area contributed by atoms with Crippen molar-refractivity contribution in [1.82, 2.24) is 9.80 Å². The molecule has 0 aromatic heterocycles. The lowest BCUT2D eigenvalue weighted by Gasteiger charge is -2.35. The highest BCUT2D eigenvalue weighted by Crippen LogP contribution is 2.21. The lowest BCUT2D eigenvalue weighted by Crippen LogP contribution is -2.49. The monoisotopic (exact) mass is 339 g/mol. The number of halogens is 1. The van der Waals surface area contributed by atoms with Gasteiger partial charge in [0.1, 0.15) is 0 Å². The minimum Gasteiger partial charge on any atom is -0.398 e. The predicted molar refractivity (Wildman–Crippen MR) is 85.7 cm³/mol. The molecule has 1 saturated heterocycles. The summed E-state index contributed by atoms with van der Waals surface area (Å²) < 4.78 is 0.829. The maximum atomic E-state index is 12.4. The summed E-state index contributed by atoms with van der Waals surface area (Å²) in [5, 5.41) is 0. The minimum atomic E-state index is 0.0772. The molecule has 0 radical (unpaired) electrons. The van der Waals surface area contributed by atoms with Crippen LogP contribution in [-0.2, 0) is 0 Å². The van der Waals surface area contributed by atoms with Gasteiger partial charge in [0.05, 0.1) is 0 Å². The molecule has 1 aromatic rings. The largest absolute Gasteiger partial charge is 0.398 e. The Balaban J connectivity index is 1.96. The molecule has 0 bridgehead atoms. The molecule has 1 aromatic carbocycles. The van der Waals surface area contributed by atoms with E-state index < -0.39 is 0 Å². The van der Waals surface area contributed by atoms with Gasteiger partial charge in [-0.15, -0.1) is 0 Å². The standard InChI is InChI=1S/C15H22BrN3O/c1-11(2)10-18-5-7-19(8-6-18)15(20)12-3-4-13(16)14(17)9-12/h3-4,9,11H,5-8,10,17H2,1-2H3. The van der Waals surface area contributed by atoms with E-state index in [1.165, 1.54) is 0 Å². The second kappa shape index (κ2) is 6.59. The molecule has 20 heavy (non-hydrogen) atoms. The molecule has 1 amide bonds. The smallest absolute Gasteiger partial charge is 0.254 e. The highest BCUT2D eigenvalue weighted by molar-refractivity contribution is 9.10. The van der Waals surface area contributed by atoms with Gasteiger partial charge in [-0.25, -0.2) is 0 Å². The lowest BCUT2D eigenvalue weighted by atomic mass is 10.1. The third-order valence-electron chi connectivity index (χ3n) is 3.53. The van der Waals surface area contributed by atoms with E-state index in [2.05, 4.69) is 34.7 Å². The second-order valence-electron chi connectivity index (χ2n) is 5.72. The van der Waals surface area contributed by atoms with Gasteiger partial charge in [-0.05, 0) is 40.0 Å². The van der Waals surface area contributed by atoms with Crippen LogP contribution in [0.2, 0.25) is 0 Å². The van der Waals surface area contributed by atoms with Crippen LogP contribution in [0.5, 0.6) is 0 Å². The molecule has 0 saturated carbocycles. The molecule has 1 aliphatic rings. The molecule has 2 N–H and O–H groups in total. The van der Waals surface area contributed by atoms with E-state index in [4.69, 9.17) is 5.73 Å². The number of nitrogen functional groups attached to an aromatic ring is 1. The molecule has 5 heteroatoms. The van der Waals surface area contributed by atoms with Gasteiger partial charge in [0.15, 0.2) is 0 Å². The van der Waals surface area contributed by atoms with Crippen LogP contribution in [0.15, 0.2) is 22.7 Å². The van der Waals surface area contributed by atoms with E-state index in [-0.39, 0.29) is 5.91 Å². The average Bonchev–Trinajstić information content (AvgIpc) is 2.41. The molecule has 1 fully saturated rings. The third-order valence-corrected chi connectivity index (χ3v) is 4.25. The Bertz CT molecular complexity index is 482. The SMILES string of the molecule is CC(C)CN1CCN(C(=O)c2ccc(Br)c(N)c2)CC1. The first-order valence-corrected chi connectivity index (χ1v) is 7.83. The Labute approximate surface area is 129 Å². The molecular weight excluding hydrogens is 318 g/mol. The summed E-state index contributed by atoms with van der Waals surface area (Å²) in [7, 11) is 0. The zero-order valence-electron chi connectivity index (χ0n) is 12.1. The van der Waals surface area contributed by atoms with E-state index in [9.17, 15) is 4.79 Å². The summed E-state index contributed by atoms with van der Waals surface area (Å²) in [6, 6.07) is 5.40. The fourth-order valence-electron chi connectivity index (χ4n) is 2.51. The normalized spacial score (nSPS) is 16.7. The molecule has 110 valence electrons. The zero-order chi connectivity index (χ0) is 14.7. The van der Waals surface area contributed by atoms with E-state index in [1.54, 1.807) is 6.07 Å². The highest BCUT2D eigenvalue weighted by Gasteiger charge is 2.22. The maximum Gasteiger partial charge on any atom is 0.254 e. The number of anilines is 1. The molecule has 0 aliphatic carbocycles. The first kappa shape index (κ1) is 15.3. The predicted octanol–water partition coefficient (Wildman–Crippen LogP) is 2.45.